The Morgan fingerprint density at radius 3 is 2.54 bits per heavy atom. The second-order valence-electron chi connectivity index (χ2n) is 5.77. The van der Waals surface area contributed by atoms with Gasteiger partial charge in [0.25, 0.3) is 5.91 Å². The van der Waals surface area contributed by atoms with Crippen LogP contribution in [0.4, 0.5) is 5.69 Å². The molecular formula is C19H23N3O2. The third-order valence-electron chi connectivity index (χ3n) is 3.73. The second kappa shape index (κ2) is 8.15. The summed E-state index contributed by atoms with van der Waals surface area (Å²) < 4.78 is 5.53. The molecule has 2 aromatic rings. The number of anilines is 1. The first kappa shape index (κ1) is 17.5. The predicted molar refractivity (Wildman–Crippen MR) is 97.9 cm³/mol. The molecule has 0 aromatic heterocycles. The highest BCUT2D eigenvalue weighted by Crippen LogP contribution is 2.20. The van der Waals surface area contributed by atoms with Gasteiger partial charge in [0.1, 0.15) is 5.75 Å². The lowest BCUT2D eigenvalue weighted by Gasteiger charge is -2.11. The summed E-state index contributed by atoms with van der Waals surface area (Å²) in [6.07, 6.45) is 1.61. The zero-order chi connectivity index (χ0) is 17.5. The van der Waals surface area contributed by atoms with Gasteiger partial charge in [-0.15, -0.1) is 0 Å². The van der Waals surface area contributed by atoms with E-state index in [1.54, 1.807) is 6.21 Å². The minimum atomic E-state index is -0.294. The highest BCUT2D eigenvalue weighted by atomic mass is 16.5. The molecule has 2 rings (SSSR count). The maximum absolute atomic E-state index is 11.8. The number of rotatable bonds is 6. The van der Waals surface area contributed by atoms with Crippen LogP contribution in [-0.2, 0) is 4.79 Å². The summed E-state index contributed by atoms with van der Waals surface area (Å²) >= 11 is 0. The van der Waals surface area contributed by atoms with Gasteiger partial charge in [0.2, 0.25) is 0 Å². The third kappa shape index (κ3) is 4.84. The van der Waals surface area contributed by atoms with Crippen molar-refractivity contribution in [2.24, 2.45) is 5.10 Å². The predicted octanol–water partition coefficient (Wildman–Crippen LogP) is 2.90. The van der Waals surface area contributed by atoms with Gasteiger partial charge in [-0.05, 0) is 48.7 Å². The molecule has 126 valence electrons. The zero-order valence-electron chi connectivity index (χ0n) is 14.5. The average Bonchev–Trinajstić information content (AvgIpc) is 2.56. The number of hydrazone groups is 1. The summed E-state index contributed by atoms with van der Waals surface area (Å²) in [5.74, 6) is 0.422. The molecule has 5 heteroatoms. The van der Waals surface area contributed by atoms with Crippen LogP contribution in [0.15, 0.2) is 47.6 Å². The Kier molecular flexibility index (Phi) is 5.95. The van der Waals surface area contributed by atoms with E-state index in [1.165, 1.54) is 0 Å². The van der Waals surface area contributed by atoms with Gasteiger partial charge in [-0.2, -0.15) is 5.10 Å². The first-order chi connectivity index (χ1) is 11.5. The fraction of sp³-hybridized carbons (Fsp3) is 0.263. The number of aryl methyl sites for hydroxylation is 1. The van der Waals surface area contributed by atoms with Crippen molar-refractivity contribution in [1.82, 2.24) is 5.43 Å². The zero-order valence-corrected chi connectivity index (χ0v) is 14.5. The molecule has 0 saturated heterocycles. The van der Waals surface area contributed by atoms with Gasteiger partial charge in [-0.25, -0.2) is 5.43 Å². The lowest BCUT2D eigenvalue weighted by Crippen LogP contribution is -2.24. The summed E-state index contributed by atoms with van der Waals surface area (Å²) in [6, 6.07) is 13.6. The standard InChI is InChI=1S/C19H23N3O2/c1-14-6-5-7-18(15(14)2)24-13-19(23)21-20-12-16-8-10-17(11-9-16)22(3)4/h5-12H,13H2,1-4H3,(H,21,23)/b20-12-. The van der Waals surface area contributed by atoms with Crippen LogP contribution in [0.2, 0.25) is 0 Å². The van der Waals surface area contributed by atoms with Gasteiger partial charge in [-0.3, -0.25) is 4.79 Å². The van der Waals surface area contributed by atoms with Crippen LogP contribution in [-0.4, -0.2) is 32.8 Å². The van der Waals surface area contributed by atoms with Crippen molar-refractivity contribution in [1.29, 1.82) is 0 Å². The van der Waals surface area contributed by atoms with Gasteiger partial charge < -0.3 is 9.64 Å². The van der Waals surface area contributed by atoms with Crippen molar-refractivity contribution in [3.8, 4) is 5.75 Å². The van der Waals surface area contributed by atoms with Gasteiger partial charge in [0, 0.05) is 19.8 Å². The molecule has 0 aliphatic heterocycles. The Morgan fingerprint density at radius 1 is 1.17 bits per heavy atom. The molecule has 0 unspecified atom stereocenters. The molecule has 24 heavy (non-hydrogen) atoms. The Hall–Kier alpha value is -2.82. The van der Waals surface area contributed by atoms with Gasteiger partial charge >= 0.3 is 0 Å². The molecule has 0 radical (unpaired) electrons. The van der Waals surface area contributed by atoms with Crippen LogP contribution in [0.5, 0.6) is 5.75 Å². The minimum Gasteiger partial charge on any atom is -0.483 e. The van der Waals surface area contributed by atoms with Crippen molar-refractivity contribution in [3.05, 3.63) is 59.2 Å². The summed E-state index contributed by atoms with van der Waals surface area (Å²) in [5.41, 5.74) is 6.66. The molecule has 0 aliphatic rings. The van der Waals surface area contributed by atoms with E-state index in [4.69, 9.17) is 4.74 Å². The van der Waals surface area contributed by atoms with Crippen LogP contribution in [0.1, 0.15) is 16.7 Å². The smallest absolute Gasteiger partial charge is 0.277 e. The topological polar surface area (TPSA) is 53.9 Å². The van der Waals surface area contributed by atoms with Crippen LogP contribution >= 0.6 is 0 Å². The van der Waals surface area contributed by atoms with E-state index >= 15 is 0 Å². The number of nitrogens with zero attached hydrogens (tertiary/aromatic N) is 2. The van der Waals surface area contributed by atoms with Crippen LogP contribution in [0.3, 0.4) is 0 Å². The first-order valence-corrected chi connectivity index (χ1v) is 7.75. The van der Waals surface area contributed by atoms with E-state index in [9.17, 15) is 4.79 Å². The average molecular weight is 325 g/mol. The fourth-order valence-corrected chi connectivity index (χ4v) is 2.09. The van der Waals surface area contributed by atoms with E-state index in [2.05, 4.69) is 10.5 Å². The molecule has 0 aliphatic carbocycles. The number of carbonyl (C=O) groups is 1. The lowest BCUT2D eigenvalue weighted by atomic mass is 10.1. The molecular weight excluding hydrogens is 302 g/mol. The molecule has 0 spiro atoms. The van der Waals surface area contributed by atoms with E-state index in [-0.39, 0.29) is 12.5 Å². The highest BCUT2D eigenvalue weighted by molar-refractivity contribution is 5.83. The Morgan fingerprint density at radius 2 is 1.88 bits per heavy atom. The van der Waals surface area contributed by atoms with Crippen molar-refractivity contribution in [2.45, 2.75) is 13.8 Å². The number of carbonyl (C=O) groups excluding carboxylic acids is 1. The summed E-state index contributed by atoms with van der Waals surface area (Å²) in [7, 11) is 3.97. The highest BCUT2D eigenvalue weighted by Gasteiger charge is 2.05. The third-order valence-corrected chi connectivity index (χ3v) is 3.73. The molecule has 0 atom stereocenters. The minimum absolute atomic E-state index is 0.0683. The monoisotopic (exact) mass is 325 g/mol. The molecule has 0 bridgehead atoms. The Balaban J connectivity index is 1.83. The molecule has 1 N–H and O–H groups in total. The van der Waals surface area contributed by atoms with Gasteiger partial charge in [0.15, 0.2) is 6.61 Å². The van der Waals surface area contributed by atoms with Gasteiger partial charge in [-0.1, -0.05) is 24.3 Å². The number of benzene rings is 2. The van der Waals surface area contributed by atoms with Crippen LogP contribution in [0, 0.1) is 13.8 Å². The van der Waals surface area contributed by atoms with Crippen molar-refractivity contribution in [3.63, 3.8) is 0 Å². The maximum atomic E-state index is 11.8. The maximum Gasteiger partial charge on any atom is 0.277 e. The molecule has 0 fully saturated rings. The van der Waals surface area contributed by atoms with Crippen molar-refractivity contribution < 1.29 is 9.53 Å². The number of ether oxygens (including phenoxy) is 1. The van der Waals surface area contributed by atoms with E-state index < -0.39 is 0 Å². The van der Waals surface area contributed by atoms with Crippen molar-refractivity contribution in [2.75, 3.05) is 25.6 Å². The number of nitrogens with one attached hydrogen (secondary N) is 1. The Bertz CT molecular complexity index is 722. The van der Waals surface area contributed by atoms with Crippen LogP contribution < -0.4 is 15.1 Å². The van der Waals surface area contributed by atoms with E-state index in [1.807, 2.05) is 75.3 Å². The first-order valence-electron chi connectivity index (χ1n) is 7.75. The normalized spacial score (nSPS) is 10.7. The summed E-state index contributed by atoms with van der Waals surface area (Å²) in [5, 5.41) is 3.95. The molecule has 0 heterocycles. The largest absolute Gasteiger partial charge is 0.483 e. The summed E-state index contributed by atoms with van der Waals surface area (Å²) in [4.78, 5) is 13.8. The molecule has 0 saturated carbocycles. The number of hydrogen-bond acceptors (Lipinski definition) is 4. The lowest BCUT2D eigenvalue weighted by molar-refractivity contribution is -0.123. The second-order valence-corrected chi connectivity index (χ2v) is 5.77. The molecule has 2 aromatic carbocycles. The van der Waals surface area contributed by atoms with Crippen LogP contribution in [0.25, 0.3) is 0 Å². The quantitative estimate of drug-likeness (QED) is 0.656. The number of hydrogen-bond donors (Lipinski definition) is 1. The number of amides is 1. The summed E-state index contributed by atoms with van der Waals surface area (Å²) in [6.45, 7) is 3.91. The van der Waals surface area contributed by atoms with E-state index in [0.29, 0.717) is 5.75 Å². The van der Waals surface area contributed by atoms with Crippen molar-refractivity contribution >= 4 is 17.8 Å². The SMILES string of the molecule is Cc1cccc(OCC(=O)N/N=C\c2ccc(N(C)C)cc2)c1C. The van der Waals surface area contributed by atoms with E-state index in [0.717, 1.165) is 22.4 Å². The molecule has 1 amide bonds. The molecule has 5 nitrogen and oxygen atoms in total. The Labute approximate surface area is 142 Å². The fourth-order valence-electron chi connectivity index (χ4n) is 2.09. The van der Waals surface area contributed by atoms with Gasteiger partial charge in [0.05, 0.1) is 6.21 Å².